The van der Waals surface area contributed by atoms with Crippen molar-refractivity contribution in [1.29, 1.82) is 0 Å². The molecule has 38 heavy (non-hydrogen) atoms. The van der Waals surface area contributed by atoms with Crippen LogP contribution in [0.3, 0.4) is 0 Å². The molecule has 2 heteroatoms. The molecule has 0 amide bonds. The minimum Gasteiger partial charge on any atom is -0.107 e. The Morgan fingerprint density at radius 3 is 1.00 bits per heavy atom. The molecule has 0 aliphatic rings. The van der Waals surface area contributed by atoms with Gasteiger partial charge in [-0.25, -0.2) is 0 Å². The Morgan fingerprint density at radius 1 is 0.395 bits per heavy atom. The molecule has 0 N–H and O–H groups in total. The second kappa shape index (κ2) is 27.9. The number of unbranched alkanes of at least 4 members (excludes halogenated alkanes) is 15. The molecule has 2 aromatic rings. The molecule has 0 nitrogen and oxygen atoms in total. The fraction of sp³-hybridized carbons (Fsp3) is 0.667. The number of hydrogen-bond donors (Lipinski definition) is 0. The van der Waals surface area contributed by atoms with Crippen molar-refractivity contribution >= 4 is 27.1 Å². The van der Waals surface area contributed by atoms with E-state index in [2.05, 4.69) is 81.4 Å². The van der Waals surface area contributed by atoms with Crippen LogP contribution in [-0.2, 0) is 0 Å². The summed E-state index contributed by atoms with van der Waals surface area (Å²) in [4.78, 5) is 0. The molecule has 0 aliphatic carbocycles. The van der Waals surface area contributed by atoms with Gasteiger partial charge in [0.05, 0.1) is 0 Å². The highest BCUT2D eigenvalue weighted by Gasteiger charge is 2.08. The van der Waals surface area contributed by atoms with Gasteiger partial charge in [0.2, 0.25) is 0 Å². The molecule has 0 bridgehead atoms. The maximum absolute atomic E-state index is 2.32. The molecule has 2 rings (SSSR count). The summed E-state index contributed by atoms with van der Waals surface area (Å²) in [5, 5.41) is 2.79. The minimum atomic E-state index is 0.366. The quantitative estimate of drug-likeness (QED) is 0.0943. The van der Waals surface area contributed by atoms with E-state index in [4.69, 9.17) is 0 Å². The van der Waals surface area contributed by atoms with Crippen LogP contribution in [0.2, 0.25) is 0 Å². The molecule has 0 atom stereocenters. The van der Waals surface area contributed by atoms with Crippen LogP contribution >= 0.6 is 16.5 Å². The normalized spacial score (nSPS) is 10.9. The summed E-state index contributed by atoms with van der Waals surface area (Å²) in [5.74, 6) is 0. The summed E-state index contributed by atoms with van der Waals surface area (Å²) < 4.78 is 0. The van der Waals surface area contributed by atoms with Gasteiger partial charge in [0.1, 0.15) is 0 Å². The highest BCUT2D eigenvalue weighted by atomic mass is 31.1. The summed E-state index contributed by atoms with van der Waals surface area (Å²) in [6.07, 6.45) is 31.2. The summed E-state index contributed by atoms with van der Waals surface area (Å²) in [7, 11) is 1.14. The van der Waals surface area contributed by atoms with Crippen LogP contribution in [0.4, 0.5) is 0 Å². The Morgan fingerprint density at radius 2 is 0.684 bits per heavy atom. The van der Waals surface area contributed by atoms with Gasteiger partial charge in [-0.3, -0.25) is 0 Å². The zero-order valence-corrected chi connectivity index (χ0v) is 27.5. The largest absolute Gasteiger partial charge is 0.107 e. The first-order valence-electron chi connectivity index (χ1n) is 16.4. The highest BCUT2D eigenvalue weighted by Crippen LogP contribution is 2.39. The van der Waals surface area contributed by atoms with Crippen LogP contribution in [0.25, 0.3) is 0 Å². The van der Waals surface area contributed by atoms with E-state index < -0.39 is 0 Å². The first-order valence-corrected chi connectivity index (χ1v) is 19.3. The fourth-order valence-electron chi connectivity index (χ4n) is 4.89. The lowest BCUT2D eigenvalue weighted by Crippen LogP contribution is -2.01. The molecule has 2 aromatic carbocycles. The molecule has 0 spiro atoms. The first kappa shape index (κ1) is 35.3. The Labute approximate surface area is 242 Å². The van der Waals surface area contributed by atoms with Crippen molar-refractivity contribution in [1.82, 2.24) is 0 Å². The summed E-state index contributed by atoms with van der Waals surface area (Å²) in [5.41, 5.74) is 0. The summed E-state index contributed by atoms with van der Waals surface area (Å²) in [6, 6.07) is 21.2. The second-order valence-electron chi connectivity index (χ2n) is 11.0. The molecule has 0 radical (unpaired) electrons. The third-order valence-corrected chi connectivity index (χ3v) is 11.4. The van der Waals surface area contributed by atoms with Crippen LogP contribution in [-0.4, -0.2) is 18.5 Å². The van der Waals surface area contributed by atoms with Gasteiger partial charge in [0.25, 0.3) is 0 Å². The number of rotatable bonds is 23. The predicted molar refractivity (Wildman–Crippen MR) is 182 cm³/mol. The number of benzene rings is 2. The van der Waals surface area contributed by atoms with Crippen molar-refractivity contribution in [3.8, 4) is 0 Å². The molecule has 0 saturated carbocycles. The van der Waals surface area contributed by atoms with E-state index in [0.29, 0.717) is 7.92 Å². The fourth-order valence-corrected chi connectivity index (χ4v) is 8.63. The van der Waals surface area contributed by atoms with Crippen molar-refractivity contribution in [2.75, 3.05) is 18.5 Å². The average Bonchev–Trinajstić information content (AvgIpc) is 2.95. The van der Waals surface area contributed by atoms with Gasteiger partial charge in [0.15, 0.2) is 0 Å². The van der Waals surface area contributed by atoms with E-state index in [0.717, 1.165) is 8.58 Å². The maximum Gasteiger partial charge on any atom is -0.0226 e. The molecule has 0 fully saturated rings. The van der Waals surface area contributed by atoms with E-state index in [9.17, 15) is 0 Å². The average molecular weight is 557 g/mol. The van der Waals surface area contributed by atoms with Gasteiger partial charge >= 0.3 is 0 Å². The van der Waals surface area contributed by atoms with Crippen LogP contribution in [0.15, 0.2) is 60.7 Å². The van der Waals surface area contributed by atoms with Crippen LogP contribution in [0, 0.1) is 0 Å². The summed E-state index contributed by atoms with van der Waals surface area (Å²) in [6.45, 7) is 6.96. The van der Waals surface area contributed by atoms with Crippen molar-refractivity contribution in [3.63, 3.8) is 0 Å². The smallest absolute Gasteiger partial charge is 0.0226 e. The molecule has 0 aliphatic heterocycles. The van der Waals surface area contributed by atoms with E-state index in [1.54, 1.807) is 18.5 Å². The van der Waals surface area contributed by atoms with E-state index in [1.165, 1.54) is 126 Å². The molecule has 0 aromatic heterocycles. The second-order valence-corrected chi connectivity index (χ2v) is 15.1. The Balaban J connectivity index is 0.000000457. The van der Waals surface area contributed by atoms with E-state index >= 15 is 0 Å². The lowest BCUT2D eigenvalue weighted by molar-refractivity contribution is 0.617. The maximum atomic E-state index is 2.32. The monoisotopic (exact) mass is 556 g/mol. The Bertz CT molecular complexity index is 624. The third kappa shape index (κ3) is 22.2. The first-order chi connectivity index (χ1) is 18.8. The van der Waals surface area contributed by atoms with Gasteiger partial charge in [0, 0.05) is 0 Å². The molecule has 216 valence electrons. The SMILES string of the molecule is CCCCCCCCP(CCCCCCCC)CCCCCCCC.c1ccc(Pc2ccccc2)cc1. The van der Waals surface area contributed by atoms with E-state index in [-0.39, 0.29) is 0 Å². The highest BCUT2D eigenvalue weighted by molar-refractivity contribution is 7.57. The van der Waals surface area contributed by atoms with Gasteiger partial charge in [-0.05, 0) is 48.4 Å². The van der Waals surface area contributed by atoms with Gasteiger partial charge in [-0.15, -0.1) is 7.92 Å². The van der Waals surface area contributed by atoms with Gasteiger partial charge in [-0.2, -0.15) is 0 Å². The number of hydrogen-bond acceptors (Lipinski definition) is 0. The topological polar surface area (TPSA) is 0 Å². The van der Waals surface area contributed by atoms with Crippen LogP contribution in [0.1, 0.15) is 136 Å². The van der Waals surface area contributed by atoms with Crippen LogP contribution < -0.4 is 10.6 Å². The minimum absolute atomic E-state index is 0.366. The third-order valence-electron chi connectivity index (χ3n) is 7.32. The Kier molecular flexibility index (Phi) is 25.9. The van der Waals surface area contributed by atoms with Crippen molar-refractivity contribution in [2.45, 2.75) is 136 Å². The standard InChI is InChI=1S/C24H51P.C12H11P/c1-4-7-10-13-16-19-22-25(23-20-17-14-11-8-5-2)24-21-18-15-12-9-6-3;1-3-7-11(8-4-1)13-12-9-5-2-6-10-12/h4-24H2,1-3H3;1-10,13H. The molecular formula is C36H62P2. The zero-order chi connectivity index (χ0) is 27.4. The summed E-state index contributed by atoms with van der Waals surface area (Å²) >= 11 is 0. The van der Waals surface area contributed by atoms with Gasteiger partial charge in [-0.1, -0.05) is 186 Å². The predicted octanol–water partition coefficient (Wildman–Crippen LogP) is 11.9. The molecule has 0 unspecified atom stereocenters. The van der Waals surface area contributed by atoms with Gasteiger partial charge < -0.3 is 0 Å². The van der Waals surface area contributed by atoms with Crippen LogP contribution in [0.5, 0.6) is 0 Å². The van der Waals surface area contributed by atoms with Crippen molar-refractivity contribution in [2.24, 2.45) is 0 Å². The molecule has 0 heterocycles. The van der Waals surface area contributed by atoms with E-state index in [1.807, 2.05) is 0 Å². The zero-order valence-electron chi connectivity index (χ0n) is 25.6. The Hall–Kier alpha value is -0.700. The lowest BCUT2D eigenvalue weighted by Gasteiger charge is -2.18. The molecular weight excluding hydrogens is 494 g/mol. The lowest BCUT2D eigenvalue weighted by atomic mass is 10.1. The van der Waals surface area contributed by atoms with Crippen molar-refractivity contribution < 1.29 is 0 Å². The van der Waals surface area contributed by atoms with Crippen molar-refractivity contribution in [3.05, 3.63) is 60.7 Å². The molecule has 0 saturated heterocycles.